The molecule has 0 unspecified atom stereocenters. The summed E-state index contributed by atoms with van der Waals surface area (Å²) in [6.45, 7) is 4.18. The number of rotatable bonds is 4. The van der Waals surface area contributed by atoms with Gasteiger partial charge in [0, 0.05) is 12.1 Å². The Bertz CT molecular complexity index is 518. The first-order chi connectivity index (χ1) is 8.21. The van der Waals surface area contributed by atoms with Crippen LogP contribution in [0.3, 0.4) is 0 Å². The third kappa shape index (κ3) is 1.92. The van der Waals surface area contributed by atoms with Gasteiger partial charge in [0.25, 0.3) is 6.01 Å². The minimum absolute atomic E-state index is 0.0226. The number of pyridine rings is 1. The SMILES string of the molecule is CCC(CC)n1c(O)nc2ncc(OC)cc21. The van der Waals surface area contributed by atoms with Gasteiger partial charge < -0.3 is 9.84 Å². The first-order valence-electron chi connectivity index (χ1n) is 5.82. The molecule has 0 bridgehead atoms. The Balaban J connectivity index is 2.63. The molecule has 2 rings (SSSR count). The fourth-order valence-electron chi connectivity index (χ4n) is 2.07. The molecule has 0 saturated carbocycles. The van der Waals surface area contributed by atoms with Crippen molar-refractivity contribution in [3.63, 3.8) is 0 Å². The number of ether oxygens (including phenoxy) is 1. The van der Waals surface area contributed by atoms with Crippen molar-refractivity contribution in [1.29, 1.82) is 0 Å². The Labute approximate surface area is 100 Å². The standard InChI is InChI=1S/C12H17N3O2/c1-4-8(5-2)15-10-6-9(17-3)7-13-11(10)14-12(15)16/h6-8H,4-5H2,1-3H3,(H,13,14,16). The van der Waals surface area contributed by atoms with E-state index in [4.69, 9.17) is 4.74 Å². The zero-order chi connectivity index (χ0) is 12.4. The van der Waals surface area contributed by atoms with Gasteiger partial charge >= 0.3 is 0 Å². The van der Waals surface area contributed by atoms with E-state index in [0.717, 1.165) is 18.4 Å². The molecule has 5 heteroatoms. The van der Waals surface area contributed by atoms with Crippen LogP contribution in [0, 0.1) is 0 Å². The van der Waals surface area contributed by atoms with Crippen LogP contribution in [0.2, 0.25) is 0 Å². The fourth-order valence-corrected chi connectivity index (χ4v) is 2.07. The Hall–Kier alpha value is -1.78. The van der Waals surface area contributed by atoms with Crippen LogP contribution in [-0.2, 0) is 0 Å². The van der Waals surface area contributed by atoms with E-state index in [0.29, 0.717) is 11.4 Å². The van der Waals surface area contributed by atoms with Gasteiger partial charge in [0.05, 0.1) is 18.8 Å². The number of hydrogen-bond acceptors (Lipinski definition) is 4. The van der Waals surface area contributed by atoms with Gasteiger partial charge in [-0.25, -0.2) is 4.98 Å². The third-order valence-corrected chi connectivity index (χ3v) is 3.05. The van der Waals surface area contributed by atoms with Gasteiger partial charge in [-0.1, -0.05) is 13.8 Å². The van der Waals surface area contributed by atoms with Crippen molar-refractivity contribution in [2.45, 2.75) is 32.7 Å². The van der Waals surface area contributed by atoms with E-state index in [9.17, 15) is 5.11 Å². The van der Waals surface area contributed by atoms with E-state index < -0.39 is 0 Å². The van der Waals surface area contributed by atoms with E-state index in [-0.39, 0.29) is 12.1 Å². The van der Waals surface area contributed by atoms with Crippen LogP contribution in [0.1, 0.15) is 32.7 Å². The molecule has 0 spiro atoms. The maximum Gasteiger partial charge on any atom is 0.296 e. The van der Waals surface area contributed by atoms with Crippen molar-refractivity contribution >= 4 is 11.2 Å². The smallest absolute Gasteiger partial charge is 0.296 e. The quantitative estimate of drug-likeness (QED) is 0.884. The molecule has 2 aromatic heterocycles. The number of imidazole rings is 1. The molecule has 0 saturated heterocycles. The van der Waals surface area contributed by atoms with Crippen LogP contribution in [0.4, 0.5) is 0 Å². The summed E-state index contributed by atoms with van der Waals surface area (Å²) < 4.78 is 6.97. The maximum atomic E-state index is 9.90. The van der Waals surface area contributed by atoms with Crippen molar-refractivity contribution in [2.75, 3.05) is 7.11 Å². The molecule has 0 aromatic carbocycles. The van der Waals surface area contributed by atoms with E-state index in [1.165, 1.54) is 0 Å². The molecule has 0 aliphatic rings. The number of fused-ring (bicyclic) bond motifs is 1. The molecule has 0 aliphatic heterocycles. The van der Waals surface area contributed by atoms with Crippen molar-refractivity contribution in [3.05, 3.63) is 12.3 Å². The lowest BCUT2D eigenvalue weighted by molar-refractivity contribution is 0.361. The summed E-state index contributed by atoms with van der Waals surface area (Å²) in [6, 6.07) is 2.11. The summed E-state index contributed by atoms with van der Waals surface area (Å²) in [6.07, 6.45) is 3.48. The zero-order valence-corrected chi connectivity index (χ0v) is 10.3. The molecule has 0 atom stereocenters. The minimum atomic E-state index is 0.0226. The molecule has 5 nitrogen and oxygen atoms in total. The number of nitrogens with zero attached hydrogens (tertiary/aromatic N) is 3. The lowest BCUT2D eigenvalue weighted by atomic mass is 10.1. The number of aromatic hydroxyl groups is 1. The van der Waals surface area contributed by atoms with Crippen LogP contribution >= 0.6 is 0 Å². The lowest BCUT2D eigenvalue weighted by Crippen LogP contribution is -2.06. The number of methoxy groups -OCH3 is 1. The Morgan fingerprint density at radius 1 is 1.41 bits per heavy atom. The molecule has 0 amide bonds. The van der Waals surface area contributed by atoms with Crippen LogP contribution in [0.15, 0.2) is 12.3 Å². The van der Waals surface area contributed by atoms with Gasteiger partial charge in [-0.2, -0.15) is 4.98 Å². The average molecular weight is 235 g/mol. The van der Waals surface area contributed by atoms with Crippen LogP contribution in [0.5, 0.6) is 11.8 Å². The van der Waals surface area contributed by atoms with Crippen molar-refractivity contribution in [3.8, 4) is 11.8 Å². The van der Waals surface area contributed by atoms with Gasteiger partial charge in [0.1, 0.15) is 5.75 Å². The normalized spacial score (nSPS) is 11.3. The minimum Gasteiger partial charge on any atom is -0.495 e. The molecule has 0 fully saturated rings. The van der Waals surface area contributed by atoms with Gasteiger partial charge in [-0.05, 0) is 12.8 Å². The van der Waals surface area contributed by atoms with E-state index >= 15 is 0 Å². The summed E-state index contributed by atoms with van der Waals surface area (Å²) >= 11 is 0. The number of aromatic nitrogens is 3. The molecule has 0 radical (unpaired) electrons. The van der Waals surface area contributed by atoms with Crippen molar-refractivity contribution in [2.24, 2.45) is 0 Å². The molecule has 92 valence electrons. The molecule has 17 heavy (non-hydrogen) atoms. The second-order valence-electron chi connectivity index (χ2n) is 3.97. The molecule has 2 aromatic rings. The average Bonchev–Trinajstić information content (AvgIpc) is 2.67. The monoisotopic (exact) mass is 235 g/mol. The summed E-state index contributed by atoms with van der Waals surface area (Å²) in [5.74, 6) is 0.671. The topological polar surface area (TPSA) is 60.2 Å². The second-order valence-corrected chi connectivity index (χ2v) is 3.97. The van der Waals surface area contributed by atoms with Crippen molar-refractivity contribution in [1.82, 2.24) is 14.5 Å². The highest BCUT2D eigenvalue weighted by molar-refractivity contribution is 5.74. The Morgan fingerprint density at radius 2 is 2.12 bits per heavy atom. The zero-order valence-electron chi connectivity index (χ0n) is 10.3. The van der Waals surface area contributed by atoms with E-state index in [1.54, 1.807) is 13.3 Å². The van der Waals surface area contributed by atoms with E-state index in [2.05, 4.69) is 23.8 Å². The van der Waals surface area contributed by atoms with Crippen LogP contribution < -0.4 is 4.74 Å². The Morgan fingerprint density at radius 3 is 2.71 bits per heavy atom. The lowest BCUT2D eigenvalue weighted by Gasteiger charge is -2.16. The summed E-state index contributed by atoms with van der Waals surface area (Å²) in [5.41, 5.74) is 1.37. The third-order valence-electron chi connectivity index (χ3n) is 3.05. The van der Waals surface area contributed by atoms with E-state index in [1.807, 2.05) is 10.6 Å². The highest BCUT2D eigenvalue weighted by Crippen LogP contribution is 2.29. The largest absolute Gasteiger partial charge is 0.495 e. The van der Waals surface area contributed by atoms with Crippen LogP contribution in [-0.4, -0.2) is 26.8 Å². The van der Waals surface area contributed by atoms with Gasteiger partial charge in [0.2, 0.25) is 0 Å². The molecular formula is C12H17N3O2. The molecular weight excluding hydrogens is 218 g/mol. The second kappa shape index (κ2) is 4.61. The molecule has 0 aliphatic carbocycles. The highest BCUT2D eigenvalue weighted by Gasteiger charge is 2.17. The molecule has 2 heterocycles. The summed E-state index contributed by atoms with van der Waals surface area (Å²) in [5, 5.41) is 9.90. The van der Waals surface area contributed by atoms with Gasteiger partial charge in [-0.3, -0.25) is 4.57 Å². The summed E-state index contributed by atoms with van der Waals surface area (Å²) in [4.78, 5) is 8.22. The maximum absolute atomic E-state index is 9.90. The van der Waals surface area contributed by atoms with Gasteiger partial charge in [-0.15, -0.1) is 0 Å². The highest BCUT2D eigenvalue weighted by atomic mass is 16.5. The predicted octanol–water partition coefficient (Wildman–Crippen LogP) is 2.51. The van der Waals surface area contributed by atoms with Gasteiger partial charge in [0.15, 0.2) is 5.65 Å². The fraction of sp³-hybridized carbons (Fsp3) is 0.500. The van der Waals surface area contributed by atoms with Crippen molar-refractivity contribution < 1.29 is 9.84 Å². The summed E-state index contributed by atoms with van der Waals surface area (Å²) in [7, 11) is 1.60. The first kappa shape index (κ1) is 11.7. The molecule has 1 N–H and O–H groups in total. The Kier molecular flexibility index (Phi) is 3.17. The first-order valence-corrected chi connectivity index (χ1v) is 5.82. The van der Waals surface area contributed by atoms with Crippen LogP contribution in [0.25, 0.3) is 11.2 Å². The predicted molar refractivity (Wildman–Crippen MR) is 65.4 cm³/mol. The number of hydrogen-bond donors (Lipinski definition) is 1.